The first kappa shape index (κ1) is 12.5. The zero-order chi connectivity index (χ0) is 13.2. The standard InChI is InChI=1S/C17H22N2/c1-2-13-6-8-14(9-7-13)12-19-11-10-15-16(18)4-3-5-17(15)19/h6-11,16H,2-5,12,18H2,1H3. The van der Waals surface area contributed by atoms with Crippen LogP contribution >= 0.6 is 0 Å². The molecule has 0 saturated carbocycles. The number of aromatic nitrogens is 1. The Labute approximate surface area is 115 Å². The molecule has 1 aromatic heterocycles. The topological polar surface area (TPSA) is 30.9 Å². The second kappa shape index (κ2) is 5.22. The van der Waals surface area contributed by atoms with Crippen molar-refractivity contribution in [1.29, 1.82) is 0 Å². The minimum absolute atomic E-state index is 0.243. The third kappa shape index (κ3) is 2.45. The molecule has 1 unspecified atom stereocenters. The molecule has 1 aliphatic rings. The Morgan fingerprint density at radius 3 is 2.63 bits per heavy atom. The third-order valence-electron chi connectivity index (χ3n) is 4.23. The molecule has 2 nitrogen and oxygen atoms in total. The molecule has 0 saturated heterocycles. The van der Waals surface area contributed by atoms with E-state index in [1.165, 1.54) is 35.2 Å². The van der Waals surface area contributed by atoms with Gasteiger partial charge in [-0.1, -0.05) is 31.2 Å². The van der Waals surface area contributed by atoms with Crippen molar-refractivity contribution in [2.24, 2.45) is 5.73 Å². The number of hydrogen-bond donors (Lipinski definition) is 1. The van der Waals surface area contributed by atoms with Gasteiger partial charge in [0.25, 0.3) is 0 Å². The molecule has 1 aliphatic carbocycles. The summed E-state index contributed by atoms with van der Waals surface area (Å²) in [6, 6.07) is 11.4. The van der Waals surface area contributed by atoms with Crippen LogP contribution in [0.2, 0.25) is 0 Å². The van der Waals surface area contributed by atoms with Crippen LogP contribution in [0.1, 0.15) is 48.2 Å². The van der Waals surface area contributed by atoms with Crippen molar-refractivity contribution in [3.05, 3.63) is 58.9 Å². The summed E-state index contributed by atoms with van der Waals surface area (Å²) in [4.78, 5) is 0. The highest BCUT2D eigenvalue weighted by Crippen LogP contribution is 2.29. The largest absolute Gasteiger partial charge is 0.347 e. The maximum absolute atomic E-state index is 6.18. The van der Waals surface area contributed by atoms with Crippen molar-refractivity contribution in [2.75, 3.05) is 0 Å². The highest BCUT2D eigenvalue weighted by Gasteiger charge is 2.19. The second-order valence-corrected chi connectivity index (χ2v) is 5.51. The summed E-state index contributed by atoms with van der Waals surface area (Å²) < 4.78 is 2.37. The molecule has 0 fully saturated rings. The van der Waals surface area contributed by atoms with Gasteiger partial charge in [-0.15, -0.1) is 0 Å². The third-order valence-corrected chi connectivity index (χ3v) is 4.23. The lowest BCUT2D eigenvalue weighted by Crippen LogP contribution is -2.18. The molecule has 2 heteroatoms. The van der Waals surface area contributed by atoms with Crippen molar-refractivity contribution in [3.8, 4) is 0 Å². The van der Waals surface area contributed by atoms with E-state index in [-0.39, 0.29) is 6.04 Å². The molecule has 1 aromatic carbocycles. The van der Waals surface area contributed by atoms with Crippen LogP contribution in [0.25, 0.3) is 0 Å². The average Bonchev–Trinajstić information content (AvgIpc) is 2.84. The summed E-state index contributed by atoms with van der Waals surface area (Å²) in [5.41, 5.74) is 11.8. The first-order chi connectivity index (χ1) is 9.28. The van der Waals surface area contributed by atoms with Crippen molar-refractivity contribution < 1.29 is 0 Å². The molecular formula is C17H22N2. The summed E-state index contributed by atoms with van der Waals surface area (Å²) in [7, 11) is 0. The van der Waals surface area contributed by atoms with Crippen LogP contribution in [-0.2, 0) is 19.4 Å². The summed E-state index contributed by atoms with van der Waals surface area (Å²) in [5.74, 6) is 0. The highest BCUT2D eigenvalue weighted by molar-refractivity contribution is 5.30. The predicted octanol–water partition coefficient (Wildman–Crippen LogP) is 3.43. The van der Waals surface area contributed by atoms with E-state index in [9.17, 15) is 0 Å². The van der Waals surface area contributed by atoms with Gasteiger partial charge in [0.05, 0.1) is 0 Å². The monoisotopic (exact) mass is 254 g/mol. The van der Waals surface area contributed by atoms with Gasteiger partial charge in [0, 0.05) is 24.5 Å². The minimum atomic E-state index is 0.243. The number of nitrogens with two attached hydrogens (primary N) is 1. The van der Waals surface area contributed by atoms with E-state index in [1.807, 2.05) is 0 Å². The van der Waals surface area contributed by atoms with Gasteiger partial charge in [-0.2, -0.15) is 0 Å². The number of fused-ring (bicyclic) bond motifs is 1. The Balaban J connectivity index is 1.83. The molecular weight excluding hydrogens is 232 g/mol. The lowest BCUT2D eigenvalue weighted by atomic mass is 9.93. The van der Waals surface area contributed by atoms with Gasteiger partial charge < -0.3 is 10.3 Å². The molecule has 1 heterocycles. The Morgan fingerprint density at radius 1 is 1.16 bits per heavy atom. The van der Waals surface area contributed by atoms with Crippen LogP contribution in [0.3, 0.4) is 0 Å². The first-order valence-corrected chi connectivity index (χ1v) is 7.29. The average molecular weight is 254 g/mol. The van der Waals surface area contributed by atoms with E-state index in [0.717, 1.165) is 19.4 Å². The zero-order valence-corrected chi connectivity index (χ0v) is 11.6. The molecule has 0 aliphatic heterocycles. The fourth-order valence-corrected chi connectivity index (χ4v) is 3.02. The maximum Gasteiger partial charge on any atom is 0.0472 e. The zero-order valence-electron chi connectivity index (χ0n) is 11.6. The van der Waals surface area contributed by atoms with Gasteiger partial charge in [0.1, 0.15) is 0 Å². The molecule has 19 heavy (non-hydrogen) atoms. The van der Waals surface area contributed by atoms with Crippen molar-refractivity contribution in [1.82, 2.24) is 4.57 Å². The molecule has 1 atom stereocenters. The van der Waals surface area contributed by atoms with Crippen LogP contribution < -0.4 is 5.73 Å². The Bertz CT molecular complexity index is 551. The van der Waals surface area contributed by atoms with Crippen LogP contribution in [0, 0.1) is 0 Å². The lowest BCUT2D eigenvalue weighted by Gasteiger charge is -2.21. The fourth-order valence-electron chi connectivity index (χ4n) is 3.02. The highest BCUT2D eigenvalue weighted by atomic mass is 15.0. The van der Waals surface area contributed by atoms with E-state index >= 15 is 0 Å². The molecule has 0 spiro atoms. The van der Waals surface area contributed by atoms with E-state index in [0.29, 0.717) is 0 Å². The molecule has 0 radical (unpaired) electrons. The Morgan fingerprint density at radius 2 is 1.89 bits per heavy atom. The summed E-state index contributed by atoms with van der Waals surface area (Å²) in [6.07, 6.45) is 6.82. The van der Waals surface area contributed by atoms with Gasteiger partial charge in [-0.25, -0.2) is 0 Å². The minimum Gasteiger partial charge on any atom is -0.347 e. The predicted molar refractivity (Wildman–Crippen MR) is 79.2 cm³/mol. The maximum atomic E-state index is 6.18. The van der Waals surface area contributed by atoms with Crippen LogP contribution in [0.5, 0.6) is 0 Å². The number of nitrogens with zero attached hydrogens (tertiary/aromatic N) is 1. The Hall–Kier alpha value is -1.54. The quantitative estimate of drug-likeness (QED) is 0.893. The molecule has 3 rings (SSSR count). The molecule has 100 valence electrons. The van der Waals surface area contributed by atoms with E-state index in [4.69, 9.17) is 5.73 Å². The fraction of sp³-hybridized carbons (Fsp3) is 0.412. The van der Waals surface area contributed by atoms with Gasteiger partial charge in [0.15, 0.2) is 0 Å². The van der Waals surface area contributed by atoms with Crippen LogP contribution in [0.15, 0.2) is 36.5 Å². The lowest BCUT2D eigenvalue weighted by molar-refractivity contribution is 0.548. The summed E-state index contributed by atoms with van der Waals surface area (Å²) in [5, 5.41) is 0. The number of benzene rings is 1. The van der Waals surface area contributed by atoms with Gasteiger partial charge in [-0.05, 0) is 48.4 Å². The SMILES string of the molecule is CCc1ccc(Cn2ccc3c2CCCC3N)cc1. The number of rotatable bonds is 3. The van der Waals surface area contributed by atoms with Crippen LogP contribution in [0.4, 0.5) is 0 Å². The molecule has 2 aromatic rings. The molecule has 0 bridgehead atoms. The van der Waals surface area contributed by atoms with E-state index in [1.54, 1.807) is 0 Å². The van der Waals surface area contributed by atoms with E-state index < -0.39 is 0 Å². The first-order valence-electron chi connectivity index (χ1n) is 7.29. The Kier molecular flexibility index (Phi) is 3.43. The normalized spacial score (nSPS) is 18.3. The summed E-state index contributed by atoms with van der Waals surface area (Å²) in [6.45, 7) is 3.16. The van der Waals surface area contributed by atoms with Gasteiger partial charge in [0.2, 0.25) is 0 Å². The van der Waals surface area contributed by atoms with Gasteiger partial charge in [-0.3, -0.25) is 0 Å². The smallest absolute Gasteiger partial charge is 0.0472 e. The van der Waals surface area contributed by atoms with Crippen molar-refractivity contribution in [2.45, 2.75) is 45.2 Å². The van der Waals surface area contributed by atoms with Gasteiger partial charge >= 0.3 is 0 Å². The van der Waals surface area contributed by atoms with Crippen molar-refractivity contribution in [3.63, 3.8) is 0 Å². The molecule has 2 N–H and O–H groups in total. The van der Waals surface area contributed by atoms with Crippen molar-refractivity contribution >= 4 is 0 Å². The number of aryl methyl sites for hydroxylation is 1. The summed E-state index contributed by atoms with van der Waals surface area (Å²) >= 11 is 0. The number of hydrogen-bond acceptors (Lipinski definition) is 1. The second-order valence-electron chi connectivity index (χ2n) is 5.51. The van der Waals surface area contributed by atoms with E-state index in [2.05, 4.69) is 48.0 Å². The van der Waals surface area contributed by atoms with Crippen LogP contribution in [-0.4, -0.2) is 4.57 Å². The molecule has 0 amide bonds.